The molecule has 0 unspecified atom stereocenters. The van der Waals surface area contributed by atoms with Gasteiger partial charge in [0.2, 0.25) is 8.67 Å². The number of rotatable bonds is 0. The minimum atomic E-state index is -0.0290. The summed E-state index contributed by atoms with van der Waals surface area (Å²) in [5.41, 5.74) is 1.77. The summed E-state index contributed by atoms with van der Waals surface area (Å²) in [5, 5.41) is 7.05. The van der Waals surface area contributed by atoms with Crippen molar-refractivity contribution in [3.63, 3.8) is 0 Å². The van der Waals surface area contributed by atoms with Gasteiger partial charge in [-0.05, 0) is 33.7 Å². The van der Waals surface area contributed by atoms with Gasteiger partial charge in [-0.25, -0.2) is 0 Å². The summed E-state index contributed by atoms with van der Waals surface area (Å²) < 4.78 is 11.8. The molecule has 0 aliphatic carbocycles. The third kappa shape index (κ3) is 2.41. The molecule has 0 bridgehead atoms. The van der Waals surface area contributed by atoms with Gasteiger partial charge >= 0.3 is 0 Å². The fourth-order valence-electron chi connectivity index (χ4n) is 3.30. The average Bonchev–Trinajstić information content (AvgIpc) is 2.81. The first-order valence-corrected chi connectivity index (χ1v) is 8.36. The van der Waals surface area contributed by atoms with Gasteiger partial charge < -0.3 is 8.39 Å². The summed E-state index contributed by atoms with van der Waals surface area (Å²) in [6, 6.07) is 25.1. The summed E-state index contributed by atoms with van der Waals surface area (Å²) in [7, 11) is -0.0290. The van der Waals surface area contributed by atoms with E-state index >= 15 is 0 Å². The molecule has 0 saturated carbocycles. The number of hydrogen-bond acceptors (Lipinski definition) is 2. The standard InChI is InChI=1S/C20H13O2P.Y/c1-3-7-15-13(5-1)9-11-17-19(15)20-16-8-4-2-6-14(16)10-12-18(20)22-23-21-17;/h1-12,23H;. The van der Waals surface area contributed by atoms with E-state index in [0.29, 0.717) is 0 Å². The van der Waals surface area contributed by atoms with Crippen molar-refractivity contribution in [3.05, 3.63) is 72.8 Å². The van der Waals surface area contributed by atoms with Crippen LogP contribution in [0.3, 0.4) is 0 Å². The fraction of sp³-hybridized carbons (Fsp3) is 0. The second-order valence-corrected chi connectivity index (χ2v) is 6.18. The zero-order chi connectivity index (χ0) is 15.2. The van der Waals surface area contributed by atoms with Crippen LogP contribution in [0.15, 0.2) is 81.2 Å². The maximum Gasteiger partial charge on any atom is 0.201 e. The molecule has 2 nitrogen and oxygen atoms in total. The maximum absolute atomic E-state index is 5.89. The number of benzene rings is 4. The quantitative estimate of drug-likeness (QED) is 0.289. The van der Waals surface area contributed by atoms with Crippen LogP contribution in [0.4, 0.5) is 0 Å². The van der Waals surface area contributed by atoms with Crippen LogP contribution in [0.2, 0.25) is 0 Å². The third-order valence-corrected chi connectivity index (χ3v) is 4.94. The molecular weight excluding hydrogens is 392 g/mol. The Balaban J connectivity index is 0.00000146. The summed E-state index contributed by atoms with van der Waals surface area (Å²) in [6.07, 6.45) is 0. The smallest absolute Gasteiger partial charge is 0.201 e. The zero-order valence-electron chi connectivity index (χ0n) is 12.8. The second kappa shape index (κ2) is 6.37. The van der Waals surface area contributed by atoms with Crippen molar-refractivity contribution in [1.82, 2.24) is 0 Å². The first kappa shape index (κ1) is 15.9. The van der Waals surface area contributed by atoms with E-state index in [1.165, 1.54) is 21.5 Å². The molecule has 5 aromatic rings. The summed E-state index contributed by atoms with van der Waals surface area (Å²) >= 11 is 0. The van der Waals surface area contributed by atoms with Gasteiger partial charge in [-0.2, -0.15) is 0 Å². The van der Waals surface area contributed by atoms with E-state index in [-0.39, 0.29) is 41.4 Å². The molecule has 0 N–H and O–H groups in total. The van der Waals surface area contributed by atoms with Crippen LogP contribution in [0.25, 0.3) is 43.5 Å². The van der Waals surface area contributed by atoms with Crippen molar-refractivity contribution >= 4 is 52.2 Å². The minimum Gasteiger partial charge on any atom is -0.421 e. The largest absolute Gasteiger partial charge is 0.421 e. The van der Waals surface area contributed by atoms with Crippen molar-refractivity contribution in [2.45, 2.75) is 0 Å². The van der Waals surface area contributed by atoms with E-state index in [2.05, 4.69) is 60.7 Å². The molecule has 0 saturated heterocycles. The molecular formula is C20H13O2PY. The molecule has 0 aliphatic rings. The second-order valence-electron chi connectivity index (χ2n) is 5.61. The van der Waals surface area contributed by atoms with E-state index in [0.717, 1.165) is 21.9 Å². The first-order valence-electron chi connectivity index (χ1n) is 7.54. The van der Waals surface area contributed by atoms with Gasteiger partial charge in [-0.3, -0.25) is 0 Å². The molecule has 5 rings (SSSR count). The van der Waals surface area contributed by atoms with Gasteiger partial charge in [-0.1, -0.05) is 60.7 Å². The number of hydrogen-bond donors (Lipinski definition) is 0. The van der Waals surface area contributed by atoms with Crippen LogP contribution in [0.1, 0.15) is 0 Å². The van der Waals surface area contributed by atoms with Crippen molar-refractivity contribution in [2.75, 3.05) is 0 Å². The molecule has 1 aromatic heterocycles. The topological polar surface area (TPSA) is 26.3 Å². The SMILES string of the molecule is [Y].c1ccc2c(c1)ccc1o[pH]oc3ccc4ccccc4c3c12. The minimum absolute atomic E-state index is 0. The van der Waals surface area contributed by atoms with Crippen molar-refractivity contribution < 1.29 is 41.1 Å². The van der Waals surface area contributed by atoms with Crippen LogP contribution in [-0.4, -0.2) is 0 Å². The number of fused-ring (bicyclic) bond motifs is 7. The summed E-state index contributed by atoms with van der Waals surface area (Å²) in [4.78, 5) is 0. The Hall–Kier alpha value is -1.60. The van der Waals surface area contributed by atoms with Crippen LogP contribution in [0, 0.1) is 0 Å². The molecule has 24 heavy (non-hydrogen) atoms. The van der Waals surface area contributed by atoms with Gasteiger partial charge in [0.15, 0.2) is 0 Å². The van der Waals surface area contributed by atoms with E-state index in [4.69, 9.17) is 8.39 Å². The molecule has 113 valence electrons. The van der Waals surface area contributed by atoms with Crippen molar-refractivity contribution in [3.8, 4) is 0 Å². The Morgan fingerprint density at radius 2 is 1.00 bits per heavy atom. The Morgan fingerprint density at radius 3 is 1.50 bits per heavy atom. The summed E-state index contributed by atoms with van der Waals surface area (Å²) in [6.45, 7) is 0. The maximum atomic E-state index is 5.89. The predicted molar refractivity (Wildman–Crippen MR) is 98.1 cm³/mol. The molecule has 0 amide bonds. The Labute approximate surface area is 165 Å². The van der Waals surface area contributed by atoms with E-state index < -0.39 is 0 Å². The molecule has 0 aliphatic heterocycles. The van der Waals surface area contributed by atoms with E-state index in [1.807, 2.05) is 12.1 Å². The molecule has 1 heterocycles. The Morgan fingerprint density at radius 1 is 0.542 bits per heavy atom. The van der Waals surface area contributed by atoms with Gasteiger partial charge in [0.1, 0.15) is 11.2 Å². The van der Waals surface area contributed by atoms with Crippen LogP contribution in [0.5, 0.6) is 0 Å². The molecule has 0 spiro atoms. The molecule has 4 aromatic carbocycles. The Bertz CT molecular complexity index is 1130. The van der Waals surface area contributed by atoms with Crippen molar-refractivity contribution in [2.24, 2.45) is 0 Å². The zero-order valence-corrected chi connectivity index (χ0v) is 16.7. The van der Waals surface area contributed by atoms with Gasteiger partial charge in [0.05, 0.1) is 0 Å². The molecule has 1 radical (unpaired) electrons. The predicted octanol–water partition coefficient (Wildman–Crippen LogP) is 6.64. The van der Waals surface area contributed by atoms with E-state index in [9.17, 15) is 0 Å². The van der Waals surface area contributed by atoms with Crippen molar-refractivity contribution in [1.29, 1.82) is 0 Å². The van der Waals surface area contributed by atoms with E-state index in [1.54, 1.807) is 0 Å². The third-order valence-electron chi connectivity index (χ3n) is 4.33. The normalized spacial score (nSPS) is 11.0. The van der Waals surface area contributed by atoms with Gasteiger partial charge in [-0.15, -0.1) is 0 Å². The molecule has 4 heteroatoms. The fourth-order valence-corrected chi connectivity index (χ4v) is 3.86. The molecule has 0 atom stereocenters. The summed E-state index contributed by atoms with van der Waals surface area (Å²) in [5.74, 6) is 0. The van der Waals surface area contributed by atoms with Crippen LogP contribution >= 0.6 is 8.67 Å². The average molecular weight is 405 g/mol. The van der Waals surface area contributed by atoms with Crippen LogP contribution in [-0.2, 0) is 32.7 Å². The van der Waals surface area contributed by atoms with Gasteiger partial charge in [0, 0.05) is 43.5 Å². The first-order chi connectivity index (χ1) is 11.4. The molecule has 0 fully saturated rings. The van der Waals surface area contributed by atoms with Crippen LogP contribution < -0.4 is 0 Å². The monoisotopic (exact) mass is 405 g/mol. The van der Waals surface area contributed by atoms with Gasteiger partial charge in [0.25, 0.3) is 0 Å². The Kier molecular flexibility index (Phi) is 4.22.